The maximum Gasteiger partial charge on any atom is 0.234 e. The number of benzene rings is 1. The number of nitrogens with one attached hydrogen (secondary N) is 1. The number of thioether (sulfide) groups is 1. The van der Waals surface area contributed by atoms with E-state index in [0.717, 1.165) is 59.8 Å². The van der Waals surface area contributed by atoms with Gasteiger partial charge in [-0.3, -0.25) is 14.0 Å². The third kappa shape index (κ3) is 4.61. The average molecular weight is 440 g/mol. The van der Waals surface area contributed by atoms with Crippen LogP contribution in [0.1, 0.15) is 36.2 Å². The number of hydrogen-bond acceptors (Lipinski definition) is 6. The highest BCUT2D eigenvalue weighted by Gasteiger charge is 2.22. The minimum absolute atomic E-state index is 0.0813. The van der Waals surface area contributed by atoms with Gasteiger partial charge >= 0.3 is 0 Å². The molecule has 0 radical (unpaired) electrons. The van der Waals surface area contributed by atoms with Crippen LogP contribution >= 0.6 is 11.8 Å². The monoisotopic (exact) mass is 439 g/mol. The first kappa shape index (κ1) is 21.4. The van der Waals surface area contributed by atoms with Gasteiger partial charge < -0.3 is 10.2 Å². The lowest BCUT2D eigenvalue weighted by Crippen LogP contribution is -2.31. The second-order valence-corrected chi connectivity index (χ2v) is 8.95. The van der Waals surface area contributed by atoms with Gasteiger partial charge in [-0.2, -0.15) is 5.10 Å². The molecule has 0 unspecified atom stereocenters. The van der Waals surface area contributed by atoms with Gasteiger partial charge in [0.2, 0.25) is 11.9 Å². The van der Waals surface area contributed by atoms with Crippen LogP contribution in [0.25, 0.3) is 5.69 Å². The SMILES string of the molecule is Cc1ccc(-n2c(SCC(=O)Nc3c(C)nn(C)c3C)nnc2N2CCCCC2)cc1. The second kappa shape index (κ2) is 9.13. The lowest BCUT2D eigenvalue weighted by atomic mass is 10.1. The summed E-state index contributed by atoms with van der Waals surface area (Å²) in [6.07, 6.45) is 3.58. The fourth-order valence-electron chi connectivity index (χ4n) is 3.83. The highest BCUT2D eigenvalue weighted by atomic mass is 32.2. The summed E-state index contributed by atoms with van der Waals surface area (Å²) in [4.78, 5) is 15.0. The summed E-state index contributed by atoms with van der Waals surface area (Å²) in [5, 5.41) is 17.0. The maximum atomic E-state index is 12.7. The zero-order chi connectivity index (χ0) is 22.0. The fraction of sp³-hybridized carbons (Fsp3) is 0.455. The summed E-state index contributed by atoms with van der Waals surface area (Å²) < 4.78 is 3.85. The van der Waals surface area contributed by atoms with E-state index in [1.807, 2.05) is 20.9 Å². The molecule has 1 aromatic carbocycles. The minimum Gasteiger partial charge on any atom is -0.341 e. The van der Waals surface area contributed by atoms with E-state index in [0.29, 0.717) is 0 Å². The Morgan fingerprint density at radius 1 is 1.06 bits per heavy atom. The first-order valence-electron chi connectivity index (χ1n) is 10.6. The second-order valence-electron chi connectivity index (χ2n) is 8.01. The number of piperidine rings is 1. The molecule has 0 saturated carbocycles. The molecule has 1 aliphatic heterocycles. The van der Waals surface area contributed by atoms with Crippen molar-refractivity contribution in [2.24, 2.45) is 7.05 Å². The summed E-state index contributed by atoms with van der Waals surface area (Å²) in [5.41, 5.74) is 4.74. The standard InChI is InChI=1S/C22H29N7OS/c1-15-8-10-18(11-9-15)29-21(28-12-6-5-7-13-28)24-25-22(29)31-14-19(30)23-20-16(2)26-27(4)17(20)3/h8-11H,5-7,12-14H2,1-4H3,(H,23,30). The predicted octanol–water partition coefficient (Wildman–Crippen LogP) is 3.65. The lowest BCUT2D eigenvalue weighted by molar-refractivity contribution is -0.113. The molecule has 1 aliphatic rings. The van der Waals surface area contributed by atoms with Gasteiger partial charge in [-0.1, -0.05) is 29.5 Å². The molecule has 164 valence electrons. The van der Waals surface area contributed by atoms with Crippen molar-refractivity contribution in [3.63, 3.8) is 0 Å². The molecular formula is C22H29N7OS. The van der Waals surface area contributed by atoms with Crippen LogP contribution in [-0.2, 0) is 11.8 Å². The molecule has 31 heavy (non-hydrogen) atoms. The highest BCUT2D eigenvalue weighted by Crippen LogP contribution is 2.29. The summed E-state index contributed by atoms with van der Waals surface area (Å²) in [5.74, 6) is 1.02. The van der Waals surface area contributed by atoms with Gasteiger partial charge in [0, 0.05) is 20.1 Å². The van der Waals surface area contributed by atoms with Crippen molar-refractivity contribution in [2.45, 2.75) is 45.2 Å². The number of hydrogen-bond donors (Lipinski definition) is 1. The minimum atomic E-state index is -0.0813. The molecule has 2 aromatic heterocycles. The van der Waals surface area contributed by atoms with Gasteiger partial charge in [0.1, 0.15) is 0 Å². The van der Waals surface area contributed by atoms with Crippen LogP contribution in [0.3, 0.4) is 0 Å². The van der Waals surface area contributed by atoms with Crippen molar-refractivity contribution in [3.05, 3.63) is 41.2 Å². The Labute approximate surface area is 187 Å². The van der Waals surface area contributed by atoms with E-state index in [4.69, 9.17) is 0 Å². The van der Waals surface area contributed by atoms with Crippen molar-refractivity contribution in [2.75, 3.05) is 29.1 Å². The maximum absolute atomic E-state index is 12.7. The quantitative estimate of drug-likeness (QED) is 0.591. The predicted molar refractivity (Wildman–Crippen MR) is 124 cm³/mol. The number of aromatic nitrogens is 5. The van der Waals surface area contributed by atoms with Crippen molar-refractivity contribution >= 4 is 29.3 Å². The summed E-state index contributed by atoms with van der Waals surface area (Å²) >= 11 is 1.40. The van der Waals surface area contributed by atoms with E-state index in [2.05, 4.69) is 61.3 Å². The fourth-order valence-corrected chi connectivity index (χ4v) is 4.58. The van der Waals surface area contributed by atoms with Crippen molar-refractivity contribution in [3.8, 4) is 5.69 Å². The highest BCUT2D eigenvalue weighted by molar-refractivity contribution is 7.99. The van der Waals surface area contributed by atoms with E-state index in [9.17, 15) is 4.79 Å². The molecule has 3 heterocycles. The lowest BCUT2D eigenvalue weighted by Gasteiger charge is -2.27. The summed E-state index contributed by atoms with van der Waals surface area (Å²) in [6, 6.07) is 8.34. The number of aryl methyl sites for hydroxylation is 3. The molecule has 8 nitrogen and oxygen atoms in total. The van der Waals surface area contributed by atoms with Crippen LogP contribution in [0.15, 0.2) is 29.4 Å². The van der Waals surface area contributed by atoms with Crippen molar-refractivity contribution in [1.82, 2.24) is 24.5 Å². The van der Waals surface area contributed by atoms with Gasteiger partial charge in [0.25, 0.3) is 0 Å². The average Bonchev–Trinajstić information content (AvgIpc) is 3.30. The normalized spacial score (nSPS) is 14.1. The zero-order valence-electron chi connectivity index (χ0n) is 18.6. The van der Waals surface area contributed by atoms with Crippen molar-refractivity contribution in [1.29, 1.82) is 0 Å². The first-order valence-corrected chi connectivity index (χ1v) is 11.6. The van der Waals surface area contributed by atoms with E-state index in [1.54, 1.807) is 4.68 Å². The summed E-state index contributed by atoms with van der Waals surface area (Å²) in [6.45, 7) is 7.88. The summed E-state index contributed by atoms with van der Waals surface area (Å²) in [7, 11) is 1.87. The number of rotatable bonds is 6. The van der Waals surface area contributed by atoms with Gasteiger partial charge in [-0.15, -0.1) is 10.2 Å². The Hall–Kier alpha value is -2.81. The van der Waals surface area contributed by atoms with E-state index < -0.39 is 0 Å². The molecule has 9 heteroatoms. The molecule has 1 fully saturated rings. The van der Waals surface area contributed by atoms with Crippen molar-refractivity contribution < 1.29 is 4.79 Å². The van der Waals surface area contributed by atoms with E-state index in [1.165, 1.54) is 23.7 Å². The third-order valence-corrected chi connectivity index (χ3v) is 6.58. The van der Waals surface area contributed by atoms with Crippen LogP contribution in [-0.4, -0.2) is 49.3 Å². The Bertz CT molecular complexity index is 1060. The molecule has 3 aromatic rings. The topological polar surface area (TPSA) is 80.9 Å². The van der Waals surface area contributed by atoms with Crippen LogP contribution in [0.5, 0.6) is 0 Å². The zero-order valence-corrected chi connectivity index (χ0v) is 19.4. The molecule has 4 rings (SSSR count). The molecule has 1 saturated heterocycles. The van der Waals surface area contributed by atoms with Crippen LogP contribution in [0.4, 0.5) is 11.6 Å². The van der Waals surface area contributed by atoms with Crippen LogP contribution in [0, 0.1) is 20.8 Å². The molecule has 0 aliphatic carbocycles. The molecule has 0 bridgehead atoms. The van der Waals surface area contributed by atoms with Gasteiger partial charge in [-0.25, -0.2) is 0 Å². The smallest absolute Gasteiger partial charge is 0.234 e. The van der Waals surface area contributed by atoms with Gasteiger partial charge in [0.15, 0.2) is 5.16 Å². The third-order valence-electron chi connectivity index (χ3n) is 5.65. The van der Waals surface area contributed by atoms with Crippen LogP contribution < -0.4 is 10.2 Å². The molecular weight excluding hydrogens is 410 g/mol. The van der Waals surface area contributed by atoms with Crippen LogP contribution in [0.2, 0.25) is 0 Å². The van der Waals surface area contributed by atoms with Gasteiger partial charge in [0.05, 0.1) is 28.5 Å². The Morgan fingerprint density at radius 2 is 1.77 bits per heavy atom. The van der Waals surface area contributed by atoms with Gasteiger partial charge in [-0.05, 0) is 52.2 Å². The van der Waals surface area contributed by atoms with E-state index in [-0.39, 0.29) is 11.7 Å². The molecule has 1 amide bonds. The molecule has 1 N–H and O–H groups in total. The molecule has 0 atom stereocenters. The number of anilines is 2. The number of nitrogens with zero attached hydrogens (tertiary/aromatic N) is 6. The Morgan fingerprint density at radius 3 is 2.42 bits per heavy atom. The molecule has 0 spiro atoms. The Kier molecular flexibility index (Phi) is 6.31. The van der Waals surface area contributed by atoms with E-state index >= 15 is 0 Å². The Balaban J connectivity index is 1.55. The first-order chi connectivity index (χ1) is 14.9. The number of amides is 1. The number of carbonyl (C=O) groups excluding carboxylic acids is 1. The largest absolute Gasteiger partial charge is 0.341 e. The number of carbonyl (C=O) groups is 1.